The Morgan fingerprint density at radius 3 is 2.45 bits per heavy atom. The number of nitrogens with zero attached hydrogens (tertiary/aromatic N) is 3. The third kappa shape index (κ3) is 1.60. The second-order valence-corrected chi connectivity index (χ2v) is 4.36. The van der Waals surface area contributed by atoms with Gasteiger partial charge in [0, 0.05) is 19.3 Å². The van der Waals surface area contributed by atoms with Gasteiger partial charge < -0.3 is 5.11 Å². The molecule has 2 heterocycles. The Bertz CT molecular complexity index is 763. The average molecular weight is 271 g/mol. The number of carboxylic acids is 1. The van der Waals surface area contributed by atoms with Crippen molar-refractivity contribution < 1.29 is 19.5 Å². The summed E-state index contributed by atoms with van der Waals surface area (Å²) in [6.45, 7) is 0. The molecule has 0 spiro atoms. The van der Waals surface area contributed by atoms with Crippen molar-refractivity contribution in [1.29, 1.82) is 0 Å². The van der Waals surface area contributed by atoms with E-state index in [1.807, 2.05) is 0 Å². The molecule has 1 aromatic carbocycles. The zero-order valence-electron chi connectivity index (χ0n) is 10.4. The van der Waals surface area contributed by atoms with E-state index >= 15 is 0 Å². The summed E-state index contributed by atoms with van der Waals surface area (Å²) in [5.41, 5.74) is 0.235. The van der Waals surface area contributed by atoms with Crippen LogP contribution in [0, 0.1) is 0 Å². The van der Waals surface area contributed by atoms with Gasteiger partial charge in [-0.2, -0.15) is 5.10 Å². The van der Waals surface area contributed by atoms with Gasteiger partial charge >= 0.3 is 5.97 Å². The van der Waals surface area contributed by atoms with Crippen LogP contribution in [0.2, 0.25) is 0 Å². The van der Waals surface area contributed by atoms with Crippen LogP contribution < -0.4 is 4.90 Å². The first-order valence-corrected chi connectivity index (χ1v) is 5.75. The summed E-state index contributed by atoms with van der Waals surface area (Å²) in [7, 11) is 1.67. The number of aromatic nitrogens is 2. The molecule has 2 aromatic rings. The lowest BCUT2D eigenvalue weighted by Crippen LogP contribution is -2.29. The third-order valence-electron chi connectivity index (χ3n) is 3.06. The zero-order chi connectivity index (χ0) is 14.4. The van der Waals surface area contributed by atoms with E-state index in [0.717, 1.165) is 4.90 Å². The molecule has 0 aliphatic carbocycles. The molecule has 1 aromatic heterocycles. The molecule has 20 heavy (non-hydrogen) atoms. The van der Waals surface area contributed by atoms with Gasteiger partial charge in [0.15, 0.2) is 5.82 Å². The van der Waals surface area contributed by atoms with Crippen LogP contribution in [0.4, 0.5) is 5.82 Å². The number of imide groups is 1. The molecule has 0 atom stereocenters. The number of anilines is 1. The number of benzene rings is 1. The predicted octanol–water partition coefficient (Wildman–Crippen LogP) is 0.919. The number of rotatable bonds is 2. The van der Waals surface area contributed by atoms with E-state index in [-0.39, 0.29) is 22.5 Å². The summed E-state index contributed by atoms with van der Waals surface area (Å²) in [6.07, 6.45) is 1.61. The fraction of sp³-hybridized carbons (Fsp3) is 0.0769. The quantitative estimate of drug-likeness (QED) is 0.820. The van der Waals surface area contributed by atoms with Crippen molar-refractivity contribution in [1.82, 2.24) is 9.78 Å². The molecule has 1 N–H and O–H groups in total. The van der Waals surface area contributed by atoms with Crippen LogP contribution in [0.3, 0.4) is 0 Å². The maximum Gasteiger partial charge on any atom is 0.335 e. The van der Waals surface area contributed by atoms with Crippen LogP contribution in [-0.2, 0) is 7.05 Å². The van der Waals surface area contributed by atoms with Crippen molar-refractivity contribution in [3.8, 4) is 0 Å². The largest absolute Gasteiger partial charge is 0.478 e. The second kappa shape index (κ2) is 4.02. The summed E-state index contributed by atoms with van der Waals surface area (Å²) < 4.78 is 1.47. The molecule has 0 bridgehead atoms. The smallest absolute Gasteiger partial charge is 0.335 e. The van der Waals surface area contributed by atoms with Gasteiger partial charge in [-0.25, -0.2) is 9.69 Å². The van der Waals surface area contributed by atoms with E-state index in [1.165, 1.54) is 22.9 Å². The molecule has 3 rings (SSSR count). The summed E-state index contributed by atoms with van der Waals surface area (Å²) in [5.74, 6) is -1.99. The SMILES string of the molecule is Cn1ccc(N2C(=O)c3ccc(C(=O)O)cc3C2=O)n1. The number of hydrogen-bond acceptors (Lipinski definition) is 4. The number of carbonyl (C=O) groups is 3. The summed E-state index contributed by atoms with van der Waals surface area (Å²) in [4.78, 5) is 36.3. The first-order valence-electron chi connectivity index (χ1n) is 5.75. The minimum absolute atomic E-state index is 0.0345. The Labute approximate surface area is 113 Å². The van der Waals surface area contributed by atoms with Crippen LogP contribution in [-0.4, -0.2) is 32.7 Å². The van der Waals surface area contributed by atoms with E-state index < -0.39 is 17.8 Å². The van der Waals surface area contributed by atoms with Gasteiger partial charge in [-0.1, -0.05) is 0 Å². The lowest BCUT2D eigenvalue weighted by Gasteiger charge is -2.09. The van der Waals surface area contributed by atoms with Crippen molar-refractivity contribution in [3.63, 3.8) is 0 Å². The van der Waals surface area contributed by atoms with Crippen LogP contribution in [0.25, 0.3) is 0 Å². The summed E-state index contributed by atoms with van der Waals surface area (Å²) in [5, 5.41) is 12.9. The van der Waals surface area contributed by atoms with Crippen LogP contribution in [0.5, 0.6) is 0 Å². The van der Waals surface area contributed by atoms with Crippen molar-refractivity contribution in [2.24, 2.45) is 7.05 Å². The van der Waals surface area contributed by atoms with Gasteiger partial charge in [0.2, 0.25) is 0 Å². The maximum absolute atomic E-state index is 12.3. The van der Waals surface area contributed by atoms with E-state index in [1.54, 1.807) is 19.3 Å². The highest BCUT2D eigenvalue weighted by molar-refractivity contribution is 6.34. The van der Waals surface area contributed by atoms with Gasteiger partial charge in [0.05, 0.1) is 16.7 Å². The summed E-state index contributed by atoms with van der Waals surface area (Å²) >= 11 is 0. The Morgan fingerprint density at radius 1 is 1.15 bits per heavy atom. The Morgan fingerprint density at radius 2 is 1.85 bits per heavy atom. The van der Waals surface area contributed by atoms with E-state index in [2.05, 4.69) is 5.10 Å². The Balaban J connectivity index is 2.10. The minimum Gasteiger partial charge on any atom is -0.478 e. The maximum atomic E-state index is 12.3. The molecular formula is C13H9N3O4. The van der Waals surface area contributed by atoms with Gasteiger partial charge in [-0.3, -0.25) is 14.3 Å². The first-order chi connectivity index (χ1) is 9.49. The standard InChI is InChI=1S/C13H9N3O4/c1-15-5-4-10(14-15)16-11(17)8-3-2-7(13(19)20)6-9(8)12(16)18/h2-6H,1H3,(H,19,20). The molecule has 0 radical (unpaired) electrons. The molecule has 0 unspecified atom stereocenters. The number of aromatic carboxylic acids is 1. The van der Waals surface area contributed by atoms with E-state index in [9.17, 15) is 14.4 Å². The van der Waals surface area contributed by atoms with Crippen LogP contribution >= 0.6 is 0 Å². The molecular weight excluding hydrogens is 262 g/mol. The van der Waals surface area contributed by atoms with Gasteiger partial charge in [-0.05, 0) is 18.2 Å². The van der Waals surface area contributed by atoms with Gasteiger partial charge in [0.25, 0.3) is 11.8 Å². The lowest BCUT2D eigenvalue weighted by atomic mass is 10.1. The van der Waals surface area contributed by atoms with Crippen molar-refractivity contribution in [2.45, 2.75) is 0 Å². The van der Waals surface area contributed by atoms with Gasteiger partial charge in [0.1, 0.15) is 0 Å². The summed E-state index contributed by atoms with van der Waals surface area (Å²) in [6, 6.07) is 5.40. The molecule has 1 aliphatic heterocycles. The van der Waals surface area contributed by atoms with Crippen molar-refractivity contribution in [2.75, 3.05) is 4.90 Å². The molecule has 0 saturated carbocycles. The lowest BCUT2D eigenvalue weighted by molar-refractivity contribution is 0.0696. The molecule has 100 valence electrons. The molecule has 0 saturated heterocycles. The number of carboxylic acid groups (broad SMARTS) is 1. The fourth-order valence-corrected chi connectivity index (χ4v) is 2.10. The highest BCUT2D eigenvalue weighted by Crippen LogP contribution is 2.27. The molecule has 7 heteroatoms. The monoisotopic (exact) mass is 271 g/mol. The molecule has 0 fully saturated rings. The highest BCUT2D eigenvalue weighted by atomic mass is 16.4. The predicted molar refractivity (Wildman–Crippen MR) is 67.7 cm³/mol. The Hall–Kier alpha value is -2.96. The Kier molecular flexibility index (Phi) is 2.43. The van der Waals surface area contributed by atoms with Crippen molar-refractivity contribution >= 4 is 23.6 Å². The number of aryl methyl sites for hydroxylation is 1. The van der Waals surface area contributed by atoms with Crippen LogP contribution in [0.15, 0.2) is 30.5 Å². The second-order valence-electron chi connectivity index (χ2n) is 4.36. The normalized spacial score (nSPS) is 13.8. The van der Waals surface area contributed by atoms with Crippen molar-refractivity contribution in [3.05, 3.63) is 47.2 Å². The third-order valence-corrected chi connectivity index (χ3v) is 3.06. The zero-order valence-corrected chi connectivity index (χ0v) is 10.4. The molecule has 1 aliphatic rings. The number of amides is 2. The highest BCUT2D eigenvalue weighted by Gasteiger charge is 2.38. The molecule has 7 nitrogen and oxygen atoms in total. The number of hydrogen-bond donors (Lipinski definition) is 1. The average Bonchev–Trinajstić information content (AvgIpc) is 2.93. The van der Waals surface area contributed by atoms with Crippen LogP contribution in [0.1, 0.15) is 31.1 Å². The number of carbonyl (C=O) groups excluding carboxylic acids is 2. The number of fused-ring (bicyclic) bond motifs is 1. The van der Waals surface area contributed by atoms with E-state index in [0.29, 0.717) is 0 Å². The topological polar surface area (TPSA) is 92.5 Å². The van der Waals surface area contributed by atoms with Gasteiger partial charge in [-0.15, -0.1) is 0 Å². The fourth-order valence-electron chi connectivity index (χ4n) is 2.10. The minimum atomic E-state index is -1.15. The van der Waals surface area contributed by atoms with E-state index in [4.69, 9.17) is 5.11 Å². The first kappa shape index (κ1) is 12.1. The molecule has 2 amide bonds.